The van der Waals surface area contributed by atoms with Crippen molar-refractivity contribution in [2.45, 2.75) is 69.1 Å². The van der Waals surface area contributed by atoms with E-state index in [-0.39, 0.29) is 48.6 Å². The second-order valence-corrected chi connectivity index (χ2v) is 17.9. The third kappa shape index (κ3) is 6.95. The summed E-state index contributed by atoms with van der Waals surface area (Å²) in [5.74, 6) is 2.32. The number of ether oxygens (including phenoxy) is 6. The average Bonchev–Trinajstić information content (AvgIpc) is 3.78. The highest BCUT2D eigenvalue weighted by molar-refractivity contribution is 5.86. The van der Waals surface area contributed by atoms with E-state index in [0.29, 0.717) is 17.2 Å². The van der Waals surface area contributed by atoms with E-state index in [1.54, 1.807) is 7.11 Å². The molecule has 1 atom stereocenters. The number of carbonyl (C=O) groups is 2. The molecule has 0 amide bonds. The lowest BCUT2D eigenvalue weighted by atomic mass is 9.68. The molecule has 6 aromatic carbocycles. The van der Waals surface area contributed by atoms with Crippen LogP contribution in [0.3, 0.4) is 0 Å². The van der Waals surface area contributed by atoms with Crippen LogP contribution in [0, 0.1) is 0 Å². The summed E-state index contributed by atoms with van der Waals surface area (Å²) in [4.78, 5) is 24.3. The smallest absolute Gasteiger partial charge is 0.497 e. The first-order valence-electron chi connectivity index (χ1n) is 21.3. The van der Waals surface area contributed by atoms with E-state index >= 15 is 0 Å². The Hall–Kier alpha value is -6.54. The molecule has 1 unspecified atom stereocenters. The molecule has 0 heterocycles. The highest BCUT2D eigenvalue weighted by atomic mass is 16.7. The molecule has 3 aliphatic rings. The predicted molar refractivity (Wildman–Crippen MR) is 239 cm³/mol. The van der Waals surface area contributed by atoms with E-state index in [2.05, 4.69) is 125 Å². The molecule has 0 saturated carbocycles. The molecule has 8 nitrogen and oxygen atoms in total. The molecule has 9 rings (SSSR count). The molecular weight excluding hydrogens is 777 g/mol. The van der Waals surface area contributed by atoms with E-state index in [0.717, 1.165) is 29.7 Å². The number of hydrogen-bond acceptors (Lipinski definition) is 8. The van der Waals surface area contributed by atoms with Gasteiger partial charge in [0.05, 0.1) is 12.5 Å². The fraction of sp³-hybridized carbons (Fsp3) is 0.296. The van der Waals surface area contributed by atoms with Gasteiger partial charge in [-0.3, -0.25) is 4.79 Å². The normalized spacial score (nSPS) is 17.9. The minimum Gasteiger partial charge on any atom is -0.497 e. The van der Waals surface area contributed by atoms with Crippen LogP contribution in [0.1, 0.15) is 92.0 Å². The lowest BCUT2D eigenvalue weighted by Gasteiger charge is -2.34. The molecule has 0 fully saturated rings. The Labute approximate surface area is 363 Å². The first-order chi connectivity index (χ1) is 29.9. The second-order valence-electron chi connectivity index (χ2n) is 17.9. The fourth-order valence-corrected chi connectivity index (χ4v) is 10.9. The molecule has 0 aromatic heterocycles. The number of rotatable bonds is 12. The third-order valence-electron chi connectivity index (χ3n) is 13.2. The Morgan fingerprint density at radius 3 is 1.45 bits per heavy atom. The molecule has 3 aliphatic carbocycles. The number of methoxy groups -OCH3 is 1. The Morgan fingerprint density at radius 1 is 0.500 bits per heavy atom. The van der Waals surface area contributed by atoms with Crippen LogP contribution < -0.4 is 18.9 Å². The van der Waals surface area contributed by atoms with Crippen LogP contribution in [0.5, 0.6) is 23.0 Å². The molecule has 8 heteroatoms. The summed E-state index contributed by atoms with van der Waals surface area (Å²) in [5.41, 5.74) is 11.1. The molecular formula is C54H52O8. The quantitative estimate of drug-likeness (QED) is 0.0683. The minimum atomic E-state index is -0.773. The van der Waals surface area contributed by atoms with Crippen molar-refractivity contribution in [2.75, 3.05) is 33.5 Å². The van der Waals surface area contributed by atoms with Crippen LogP contribution in [0.2, 0.25) is 0 Å². The number of esters is 1. The van der Waals surface area contributed by atoms with Gasteiger partial charge < -0.3 is 28.4 Å². The zero-order valence-corrected chi connectivity index (χ0v) is 36.2. The molecule has 0 aliphatic heterocycles. The van der Waals surface area contributed by atoms with Gasteiger partial charge in [0, 0.05) is 12.3 Å². The van der Waals surface area contributed by atoms with Crippen molar-refractivity contribution < 1.29 is 38.0 Å². The molecule has 0 N–H and O–H groups in total. The first kappa shape index (κ1) is 40.8. The average molecular weight is 829 g/mol. The summed E-state index contributed by atoms with van der Waals surface area (Å²) in [7, 11) is 1.71. The number of benzene rings is 6. The van der Waals surface area contributed by atoms with Crippen LogP contribution in [-0.2, 0) is 35.9 Å². The van der Waals surface area contributed by atoms with Gasteiger partial charge in [-0.05, 0) is 128 Å². The number of carbonyl (C=O) groups excluding carboxylic acids is 2. The highest BCUT2D eigenvalue weighted by Gasteiger charge is 2.56. The molecule has 0 saturated heterocycles. The Balaban J connectivity index is 0.893. The van der Waals surface area contributed by atoms with Crippen molar-refractivity contribution in [3.8, 4) is 34.1 Å². The fourth-order valence-electron chi connectivity index (χ4n) is 10.9. The van der Waals surface area contributed by atoms with Crippen molar-refractivity contribution >= 4 is 12.1 Å². The van der Waals surface area contributed by atoms with Gasteiger partial charge in [-0.2, -0.15) is 0 Å². The van der Waals surface area contributed by atoms with Crippen LogP contribution >= 0.6 is 0 Å². The molecule has 1 spiro atoms. The molecule has 316 valence electrons. The van der Waals surface area contributed by atoms with Crippen LogP contribution in [0.15, 0.2) is 133 Å². The summed E-state index contributed by atoms with van der Waals surface area (Å²) in [6.07, 6.45) is 1.14. The molecule has 6 aromatic rings. The minimum absolute atomic E-state index is 0.0177. The Kier molecular flexibility index (Phi) is 10.4. The maximum atomic E-state index is 13.1. The topological polar surface area (TPSA) is 89.5 Å². The van der Waals surface area contributed by atoms with E-state index in [1.807, 2.05) is 36.4 Å². The van der Waals surface area contributed by atoms with E-state index in [9.17, 15) is 9.59 Å². The van der Waals surface area contributed by atoms with Crippen molar-refractivity contribution in [3.05, 3.63) is 178 Å². The van der Waals surface area contributed by atoms with Gasteiger partial charge in [-0.15, -0.1) is 0 Å². The van der Waals surface area contributed by atoms with Gasteiger partial charge in [-0.25, -0.2) is 4.79 Å². The largest absolute Gasteiger partial charge is 0.513 e. The SMILES string of the molecule is COc1ccc2c(c1)C1(CC2(C)C)CC(C)(C)c2ccc(OC(=O)OCCOc3ccc(C4(c5ccc(OCCOC(C)=O)cc5)c5ccccc5-c5ccccc54)cc3)cc21. The molecule has 0 radical (unpaired) electrons. The number of hydrogen-bond donors (Lipinski definition) is 0. The van der Waals surface area contributed by atoms with Gasteiger partial charge in [-0.1, -0.05) is 113 Å². The Bertz CT molecular complexity index is 2610. The van der Waals surface area contributed by atoms with Gasteiger partial charge in [0.15, 0.2) is 0 Å². The Morgan fingerprint density at radius 2 is 0.952 bits per heavy atom. The lowest BCUT2D eigenvalue weighted by molar-refractivity contribution is -0.141. The van der Waals surface area contributed by atoms with Crippen LogP contribution in [0.25, 0.3) is 11.1 Å². The van der Waals surface area contributed by atoms with Gasteiger partial charge in [0.1, 0.15) is 49.4 Å². The standard InChI is InChI=1S/C54H52O8/c1-35(55)58-27-28-59-38-19-15-36(16-20-38)54(44-13-9-7-11-42(44)43-12-8-10-14-45(43)54)37-17-21-39(22-18-37)60-29-30-61-50(56)62-41-24-26-47-49(32-41)53(34-52(47,4)5)33-51(2,3)46-25-23-40(57-6)31-48(46)53/h7-26,31-32H,27-30,33-34H2,1-6H3. The summed E-state index contributed by atoms with van der Waals surface area (Å²) < 4.78 is 34.1. The van der Waals surface area contributed by atoms with Crippen molar-refractivity contribution in [3.63, 3.8) is 0 Å². The summed E-state index contributed by atoms with van der Waals surface area (Å²) in [6, 6.07) is 45.9. The lowest BCUT2D eigenvalue weighted by Crippen LogP contribution is -2.28. The van der Waals surface area contributed by atoms with Gasteiger partial charge in [0.2, 0.25) is 0 Å². The highest BCUT2D eigenvalue weighted by Crippen LogP contribution is 2.63. The van der Waals surface area contributed by atoms with E-state index in [4.69, 9.17) is 28.4 Å². The van der Waals surface area contributed by atoms with Crippen molar-refractivity contribution in [1.82, 2.24) is 0 Å². The van der Waals surface area contributed by atoms with Gasteiger partial charge >= 0.3 is 12.1 Å². The summed E-state index contributed by atoms with van der Waals surface area (Å²) in [5, 5.41) is 0. The number of fused-ring (bicyclic) bond motifs is 7. The second kappa shape index (κ2) is 15.7. The van der Waals surface area contributed by atoms with E-state index in [1.165, 1.54) is 51.4 Å². The third-order valence-corrected chi connectivity index (χ3v) is 13.2. The van der Waals surface area contributed by atoms with Crippen molar-refractivity contribution in [2.24, 2.45) is 0 Å². The van der Waals surface area contributed by atoms with Crippen LogP contribution in [-0.4, -0.2) is 45.7 Å². The predicted octanol–water partition coefficient (Wildman–Crippen LogP) is 11.2. The molecule has 0 bridgehead atoms. The monoisotopic (exact) mass is 828 g/mol. The van der Waals surface area contributed by atoms with Crippen LogP contribution in [0.4, 0.5) is 4.79 Å². The zero-order valence-electron chi connectivity index (χ0n) is 36.2. The summed E-state index contributed by atoms with van der Waals surface area (Å²) >= 11 is 0. The van der Waals surface area contributed by atoms with E-state index < -0.39 is 11.6 Å². The maximum Gasteiger partial charge on any atom is 0.513 e. The van der Waals surface area contributed by atoms with Gasteiger partial charge in [0.25, 0.3) is 0 Å². The zero-order chi connectivity index (χ0) is 43.3. The van der Waals surface area contributed by atoms with Crippen molar-refractivity contribution in [1.29, 1.82) is 0 Å². The maximum absolute atomic E-state index is 13.1. The first-order valence-corrected chi connectivity index (χ1v) is 21.3. The summed E-state index contributed by atoms with van der Waals surface area (Å²) in [6.45, 7) is 11.2. The molecule has 62 heavy (non-hydrogen) atoms.